The van der Waals surface area contributed by atoms with Gasteiger partial charge >= 0.3 is 0 Å². The molecule has 0 saturated carbocycles. The van der Waals surface area contributed by atoms with Gasteiger partial charge in [-0.3, -0.25) is 0 Å². The zero-order valence-corrected chi connectivity index (χ0v) is 20.1. The van der Waals surface area contributed by atoms with E-state index in [0.717, 1.165) is 44.2 Å². The zero-order valence-electron chi connectivity index (χ0n) is 25.1. The van der Waals surface area contributed by atoms with E-state index in [0.29, 0.717) is 5.56 Å². The summed E-state index contributed by atoms with van der Waals surface area (Å²) in [6.07, 6.45) is 0. The fourth-order valence-electron chi connectivity index (χ4n) is 5.24. The highest BCUT2D eigenvalue weighted by atomic mass is 15.0. The molecule has 0 bridgehead atoms. The third-order valence-corrected chi connectivity index (χ3v) is 6.58. The first-order valence-electron chi connectivity index (χ1n) is 14.4. The van der Waals surface area contributed by atoms with Crippen LogP contribution < -0.4 is 0 Å². The molecule has 1 aromatic heterocycles. The second-order valence-corrected chi connectivity index (χ2v) is 9.87. The lowest BCUT2D eigenvalue weighted by Crippen LogP contribution is -2.13. The Morgan fingerprint density at radius 2 is 1.23 bits per heavy atom. The summed E-state index contributed by atoms with van der Waals surface area (Å²) < 4.78 is 44.7. The molecule has 35 heavy (non-hydrogen) atoms. The summed E-state index contributed by atoms with van der Waals surface area (Å²) >= 11 is 0. The van der Waals surface area contributed by atoms with Crippen LogP contribution in [0.5, 0.6) is 0 Å². The third kappa shape index (κ3) is 3.56. The summed E-state index contributed by atoms with van der Waals surface area (Å²) in [4.78, 5) is 0. The molecule has 0 aliphatic heterocycles. The maximum Gasteiger partial charge on any atom is 0.0629 e. The number of aromatic nitrogens is 1. The first-order valence-corrected chi connectivity index (χ1v) is 11.9. The molecular formula is C34H29N. The Morgan fingerprint density at radius 3 is 1.91 bits per heavy atom. The van der Waals surface area contributed by atoms with Crippen LogP contribution in [0.4, 0.5) is 0 Å². The highest BCUT2D eigenvalue weighted by Crippen LogP contribution is 2.46. The molecule has 6 aromatic rings. The van der Waals surface area contributed by atoms with Crippen LogP contribution in [0.2, 0.25) is 0 Å². The van der Waals surface area contributed by atoms with E-state index >= 15 is 0 Å². The molecule has 0 unspecified atom stereocenters. The van der Waals surface area contributed by atoms with Crippen LogP contribution in [0.25, 0.3) is 49.7 Å². The molecule has 1 nitrogen and oxygen atoms in total. The van der Waals surface area contributed by atoms with Crippen molar-refractivity contribution in [2.24, 2.45) is 0 Å². The Morgan fingerprint density at radius 1 is 0.571 bits per heavy atom. The minimum absolute atomic E-state index is 0.198. The Hall–Kier alpha value is -4.10. The van der Waals surface area contributed by atoms with Crippen molar-refractivity contribution in [2.45, 2.75) is 26.2 Å². The van der Waals surface area contributed by atoms with Crippen LogP contribution in [0, 0.1) is 0 Å². The largest absolute Gasteiger partial charge is 0.309 e. The number of hydrogen-bond donors (Lipinski definition) is 0. The standard InChI is InChI=1S/C34H29N/c1-34(2,3)33-28(25-16-9-5-10-17-25)22-23-30-32(33)31-27(24-14-7-4-8-15-24)20-13-21-29(31)35(30)26-18-11-6-12-19-26/h4-23H,1-3H3/i4D,7D,8D,14D,15D. The van der Waals surface area contributed by atoms with E-state index in [-0.39, 0.29) is 41.2 Å². The first-order chi connectivity index (χ1) is 19.1. The molecule has 170 valence electrons. The van der Waals surface area contributed by atoms with Crippen LogP contribution in [0.15, 0.2) is 121 Å². The third-order valence-electron chi connectivity index (χ3n) is 6.58. The summed E-state index contributed by atoms with van der Waals surface area (Å²) in [6, 6.07) is 29.2. The van der Waals surface area contributed by atoms with Crippen LogP contribution >= 0.6 is 0 Å². The Balaban J connectivity index is 1.89. The fourth-order valence-corrected chi connectivity index (χ4v) is 5.24. The molecule has 0 amide bonds. The lowest BCUT2D eigenvalue weighted by atomic mass is 9.78. The van der Waals surface area contributed by atoms with Crippen molar-refractivity contribution >= 4 is 21.8 Å². The van der Waals surface area contributed by atoms with Gasteiger partial charge < -0.3 is 4.57 Å². The predicted molar refractivity (Wildman–Crippen MR) is 150 cm³/mol. The lowest BCUT2D eigenvalue weighted by Gasteiger charge is -2.25. The number of benzene rings is 5. The highest BCUT2D eigenvalue weighted by molar-refractivity contribution is 6.18. The van der Waals surface area contributed by atoms with Crippen molar-refractivity contribution in [3.8, 4) is 27.9 Å². The zero-order chi connectivity index (χ0) is 28.3. The topological polar surface area (TPSA) is 4.93 Å². The van der Waals surface area contributed by atoms with Gasteiger partial charge in [0.1, 0.15) is 0 Å². The van der Waals surface area contributed by atoms with Gasteiger partial charge in [-0.25, -0.2) is 0 Å². The molecule has 0 atom stereocenters. The average molecular weight is 457 g/mol. The maximum atomic E-state index is 8.80. The van der Waals surface area contributed by atoms with Crippen molar-refractivity contribution in [2.75, 3.05) is 0 Å². The number of hydrogen-bond acceptors (Lipinski definition) is 0. The molecule has 1 heterocycles. The van der Waals surface area contributed by atoms with Gasteiger partial charge in [0.2, 0.25) is 0 Å². The Bertz CT molecular complexity index is 1890. The van der Waals surface area contributed by atoms with Crippen LogP contribution in [-0.4, -0.2) is 4.57 Å². The quantitative estimate of drug-likeness (QED) is 0.250. The molecule has 0 aliphatic carbocycles. The molecule has 0 N–H and O–H groups in total. The van der Waals surface area contributed by atoms with Gasteiger partial charge in [-0.05, 0) is 57.5 Å². The van der Waals surface area contributed by atoms with Crippen LogP contribution in [-0.2, 0) is 5.41 Å². The van der Waals surface area contributed by atoms with Gasteiger partial charge in [0.15, 0.2) is 0 Å². The van der Waals surface area contributed by atoms with Crippen LogP contribution in [0.1, 0.15) is 33.2 Å². The van der Waals surface area contributed by atoms with Crippen molar-refractivity contribution in [3.63, 3.8) is 0 Å². The van der Waals surface area contributed by atoms with E-state index in [1.807, 2.05) is 48.5 Å². The second-order valence-electron chi connectivity index (χ2n) is 9.87. The summed E-state index contributed by atoms with van der Waals surface area (Å²) in [5, 5.41) is 1.90. The van der Waals surface area contributed by atoms with Gasteiger partial charge in [0, 0.05) is 16.5 Å². The number of rotatable bonds is 3. The highest BCUT2D eigenvalue weighted by Gasteiger charge is 2.27. The molecule has 5 aromatic carbocycles. The first kappa shape index (κ1) is 16.5. The fraction of sp³-hybridized carbons (Fsp3) is 0.118. The van der Waals surface area contributed by atoms with Crippen molar-refractivity contribution < 1.29 is 6.85 Å². The van der Waals surface area contributed by atoms with E-state index < -0.39 is 0 Å². The van der Waals surface area contributed by atoms with E-state index in [2.05, 4.69) is 67.8 Å². The molecule has 0 radical (unpaired) electrons. The van der Waals surface area contributed by atoms with Gasteiger partial charge in [0.05, 0.1) is 17.9 Å². The number of fused-ring (bicyclic) bond motifs is 3. The molecule has 6 rings (SSSR count). The maximum absolute atomic E-state index is 8.80. The molecular weight excluding hydrogens is 422 g/mol. The van der Waals surface area contributed by atoms with E-state index in [1.165, 1.54) is 0 Å². The molecule has 1 heteroatoms. The average Bonchev–Trinajstić information content (AvgIpc) is 3.30. The SMILES string of the molecule is [2H]c1c([2H])c([2H])c(-c2cccc3c2c2c(C(C)(C)C)c(-c4ccccc4)ccc2n3-c2ccccc2)c([2H])c1[2H]. The van der Waals surface area contributed by atoms with Crippen molar-refractivity contribution in [1.82, 2.24) is 4.57 Å². The Labute approximate surface area is 214 Å². The Kier molecular flexibility index (Phi) is 3.91. The molecule has 0 fully saturated rings. The van der Waals surface area contributed by atoms with Crippen LogP contribution in [0.3, 0.4) is 0 Å². The summed E-state index contributed by atoms with van der Waals surface area (Å²) in [5.41, 5.74) is 6.86. The van der Waals surface area contributed by atoms with Gasteiger partial charge in [-0.15, -0.1) is 0 Å². The van der Waals surface area contributed by atoms with Crippen molar-refractivity contribution in [3.05, 3.63) is 127 Å². The van der Waals surface area contributed by atoms with Gasteiger partial charge in [0.25, 0.3) is 0 Å². The number of para-hydroxylation sites is 1. The predicted octanol–water partition coefficient (Wildman–Crippen LogP) is 9.42. The summed E-state index contributed by atoms with van der Waals surface area (Å²) in [5.74, 6) is 0. The molecule has 0 spiro atoms. The normalized spacial score (nSPS) is 13.9. The molecule has 0 aliphatic rings. The van der Waals surface area contributed by atoms with E-state index in [9.17, 15) is 0 Å². The minimum Gasteiger partial charge on any atom is -0.309 e. The lowest BCUT2D eigenvalue weighted by molar-refractivity contribution is 0.598. The van der Waals surface area contributed by atoms with Gasteiger partial charge in [-0.1, -0.05) is 118 Å². The van der Waals surface area contributed by atoms with E-state index in [1.54, 1.807) is 0 Å². The number of nitrogens with zero attached hydrogens (tertiary/aromatic N) is 1. The monoisotopic (exact) mass is 456 g/mol. The smallest absolute Gasteiger partial charge is 0.0629 e. The summed E-state index contributed by atoms with van der Waals surface area (Å²) in [7, 11) is 0. The summed E-state index contributed by atoms with van der Waals surface area (Å²) in [6.45, 7) is 6.60. The molecule has 0 saturated heterocycles. The van der Waals surface area contributed by atoms with Crippen molar-refractivity contribution in [1.29, 1.82) is 0 Å². The van der Waals surface area contributed by atoms with E-state index in [4.69, 9.17) is 6.85 Å². The second kappa shape index (κ2) is 8.29. The van der Waals surface area contributed by atoms with Gasteiger partial charge in [-0.2, -0.15) is 0 Å². The minimum atomic E-state index is -0.389.